The molecule has 1 unspecified atom stereocenters. The van der Waals surface area contributed by atoms with E-state index in [-0.39, 0.29) is 5.56 Å². The summed E-state index contributed by atoms with van der Waals surface area (Å²) in [6, 6.07) is 12.3. The third-order valence-electron chi connectivity index (χ3n) is 3.53. The van der Waals surface area contributed by atoms with E-state index in [0.717, 1.165) is 12.8 Å². The van der Waals surface area contributed by atoms with E-state index in [1.807, 2.05) is 18.2 Å². The lowest BCUT2D eigenvalue weighted by Gasteiger charge is -2.12. The predicted octanol–water partition coefficient (Wildman–Crippen LogP) is 3.40. The number of hydrogen-bond donors (Lipinski definition) is 2. The molecule has 0 saturated carbocycles. The lowest BCUT2D eigenvalue weighted by Crippen LogP contribution is -2.25. The minimum Gasteiger partial charge on any atom is -0.478 e. The number of carbonyl (C=O) groups is 1. The maximum atomic E-state index is 11.0. The van der Waals surface area contributed by atoms with Gasteiger partial charge in [-0.3, -0.25) is 0 Å². The molecule has 1 aromatic carbocycles. The van der Waals surface area contributed by atoms with Crippen LogP contribution in [0.4, 0.5) is 0 Å². The Bertz CT molecular complexity index is 589. The van der Waals surface area contributed by atoms with Crippen LogP contribution in [0.3, 0.4) is 0 Å². The molecular weight excluding hydrogens is 266 g/mol. The van der Waals surface area contributed by atoms with Gasteiger partial charge in [-0.15, -0.1) is 0 Å². The van der Waals surface area contributed by atoms with Crippen LogP contribution in [0.15, 0.2) is 40.8 Å². The Kier molecular flexibility index (Phi) is 5.17. The molecule has 1 heterocycles. The Morgan fingerprint density at radius 1 is 1.33 bits per heavy atom. The van der Waals surface area contributed by atoms with Crippen LogP contribution in [-0.4, -0.2) is 17.1 Å². The number of carboxylic acid groups (broad SMARTS) is 1. The fraction of sp³-hybridized carbons (Fsp3) is 0.353. The van der Waals surface area contributed by atoms with Gasteiger partial charge in [0.1, 0.15) is 17.1 Å². The Morgan fingerprint density at radius 2 is 2.05 bits per heavy atom. The van der Waals surface area contributed by atoms with Crippen molar-refractivity contribution in [2.75, 3.05) is 0 Å². The van der Waals surface area contributed by atoms with Crippen molar-refractivity contribution in [1.29, 1.82) is 0 Å². The zero-order chi connectivity index (χ0) is 15.2. The molecule has 2 aromatic rings. The van der Waals surface area contributed by atoms with Crippen molar-refractivity contribution in [3.8, 4) is 0 Å². The zero-order valence-corrected chi connectivity index (χ0v) is 12.4. The summed E-state index contributed by atoms with van der Waals surface area (Å²) in [5, 5.41) is 12.3. The van der Waals surface area contributed by atoms with Crippen molar-refractivity contribution >= 4 is 5.97 Å². The summed E-state index contributed by atoms with van der Waals surface area (Å²) in [4.78, 5) is 11.0. The highest BCUT2D eigenvalue weighted by Gasteiger charge is 2.13. The highest BCUT2D eigenvalue weighted by molar-refractivity contribution is 5.88. The van der Waals surface area contributed by atoms with Crippen molar-refractivity contribution < 1.29 is 14.3 Å². The van der Waals surface area contributed by atoms with Crippen LogP contribution >= 0.6 is 0 Å². The number of aryl methyl sites for hydroxylation is 2. The van der Waals surface area contributed by atoms with Crippen LogP contribution in [0, 0.1) is 6.92 Å². The SMILES string of the molecule is Cc1oc(CNC(C)CCc2ccccc2)cc1C(=O)O. The Balaban J connectivity index is 1.80. The van der Waals surface area contributed by atoms with E-state index in [0.29, 0.717) is 24.1 Å². The normalized spacial score (nSPS) is 12.3. The summed E-state index contributed by atoms with van der Waals surface area (Å²) in [6.45, 7) is 4.34. The first-order valence-electron chi connectivity index (χ1n) is 7.16. The minimum atomic E-state index is -0.945. The van der Waals surface area contributed by atoms with Gasteiger partial charge in [-0.05, 0) is 38.3 Å². The Hall–Kier alpha value is -2.07. The molecule has 1 aromatic heterocycles. The Morgan fingerprint density at radius 3 is 2.67 bits per heavy atom. The van der Waals surface area contributed by atoms with Crippen LogP contribution in [0.5, 0.6) is 0 Å². The van der Waals surface area contributed by atoms with Crippen molar-refractivity contribution in [2.24, 2.45) is 0 Å². The summed E-state index contributed by atoms with van der Waals surface area (Å²) in [7, 11) is 0. The quantitative estimate of drug-likeness (QED) is 0.819. The first-order chi connectivity index (χ1) is 10.1. The molecule has 2 rings (SSSR count). The molecule has 21 heavy (non-hydrogen) atoms. The number of benzene rings is 1. The van der Waals surface area contributed by atoms with Gasteiger partial charge in [0.15, 0.2) is 0 Å². The lowest BCUT2D eigenvalue weighted by atomic mass is 10.1. The fourth-order valence-electron chi connectivity index (χ4n) is 2.25. The average Bonchev–Trinajstić information content (AvgIpc) is 2.85. The van der Waals surface area contributed by atoms with E-state index in [1.165, 1.54) is 5.56 Å². The molecule has 0 fully saturated rings. The maximum Gasteiger partial charge on any atom is 0.339 e. The average molecular weight is 287 g/mol. The van der Waals surface area contributed by atoms with E-state index >= 15 is 0 Å². The second kappa shape index (κ2) is 7.09. The minimum absolute atomic E-state index is 0.240. The standard InChI is InChI=1S/C17H21NO3/c1-12(8-9-14-6-4-3-5-7-14)18-11-15-10-16(17(19)20)13(2)21-15/h3-7,10,12,18H,8-9,11H2,1-2H3,(H,19,20). The molecule has 0 bridgehead atoms. The first kappa shape index (κ1) is 15.3. The van der Waals surface area contributed by atoms with Crippen molar-refractivity contribution in [3.63, 3.8) is 0 Å². The molecule has 0 aliphatic carbocycles. The predicted molar refractivity (Wildman–Crippen MR) is 81.5 cm³/mol. The fourth-order valence-corrected chi connectivity index (χ4v) is 2.25. The summed E-state index contributed by atoms with van der Waals surface area (Å²) < 4.78 is 5.45. The molecule has 112 valence electrons. The van der Waals surface area contributed by atoms with Gasteiger partial charge in [-0.25, -0.2) is 4.79 Å². The van der Waals surface area contributed by atoms with E-state index in [1.54, 1.807) is 13.0 Å². The molecule has 4 heteroatoms. The third-order valence-corrected chi connectivity index (χ3v) is 3.53. The first-order valence-corrected chi connectivity index (χ1v) is 7.16. The van der Waals surface area contributed by atoms with Gasteiger partial charge in [0, 0.05) is 6.04 Å². The number of rotatable bonds is 7. The van der Waals surface area contributed by atoms with Gasteiger partial charge in [0.05, 0.1) is 6.54 Å². The largest absolute Gasteiger partial charge is 0.478 e. The molecule has 1 atom stereocenters. The second-order valence-electron chi connectivity index (χ2n) is 5.29. The Labute approximate surface area is 124 Å². The molecule has 0 radical (unpaired) electrons. The molecule has 0 aliphatic heterocycles. The molecule has 0 saturated heterocycles. The van der Waals surface area contributed by atoms with Crippen molar-refractivity contribution in [1.82, 2.24) is 5.32 Å². The highest BCUT2D eigenvalue weighted by Crippen LogP contribution is 2.15. The second-order valence-corrected chi connectivity index (χ2v) is 5.29. The summed E-state index contributed by atoms with van der Waals surface area (Å²) in [5.41, 5.74) is 1.57. The summed E-state index contributed by atoms with van der Waals surface area (Å²) in [5.74, 6) is 0.173. The van der Waals surface area contributed by atoms with Gasteiger partial charge in [0.2, 0.25) is 0 Å². The number of furan rings is 1. The van der Waals surface area contributed by atoms with Gasteiger partial charge in [0.25, 0.3) is 0 Å². The maximum absolute atomic E-state index is 11.0. The number of carboxylic acids is 1. The van der Waals surface area contributed by atoms with Gasteiger partial charge in [-0.2, -0.15) is 0 Å². The molecule has 0 spiro atoms. The number of nitrogens with one attached hydrogen (secondary N) is 1. The van der Waals surface area contributed by atoms with Crippen molar-refractivity contribution in [3.05, 3.63) is 59.0 Å². The monoisotopic (exact) mass is 287 g/mol. The lowest BCUT2D eigenvalue weighted by molar-refractivity contribution is 0.0695. The smallest absolute Gasteiger partial charge is 0.339 e. The highest BCUT2D eigenvalue weighted by atomic mass is 16.4. The van der Waals surface area contributed by atoms with Crippen LogP contribution in [0.2, 0.25) is 0 Å². The molecule has 2 N–H and O–H groups in total. The van der Waals surface area contributed by atoms with Crippen LogP contribution in [0.1, 0.15) is 40.8 Å². The van der Waals surface area contributed by atoms with Crippen LogP contribution < -0.4 is 5.32 Å². The van der Waals surface area contributed by atoms with E-state index < -0.39 is 5.97 Å². The molecular formula is C17H21NO3. The molecule has 4 nitrogen and oxygen atoms in total. The zero-order valence-electron chi connectivity index (χ0n) is 12.4. The van der Waals surface area contributed by atoms with Gasteiger partial charge in [-0.1, -0.05) is 30.3 Å². The summed E-state index contributed by atoms with van der Waals surface area (Å²) in [6.07, 6.45) is 2.04. The number of aromatic carboxylic acids is 1. The summed E-state index contributed by atoms with van der Waals surface area (Å²) >= 11 is 0. The van der Waals surface area contributed by atoms with Crippen molar-refractivity contribution in [2.45, 2.75) is 39.3 Å². The van der Waals surface area contributed by atoms with Crippen LogP contribution in [-0.2, 0) is 13.0 Å². The van der Waals surface area contributed by atoms with Gasteiger partial charge >= 0.3 is 5.97 Å². The topological polar surface area (TPSA) is 62.5 Å². The number of hydrogen-bond acceptors (Lipinski definition) is 3. The van der Waals surface area contributed by atoms with E-state index in [4.69, 9.17) is 9.52 Å². The van der Waals surface area contributed by atoms with Gasteiger partial charge < -0.3 is 14.8 Å². The van der Waals surface area contributed by atoms with E-state index in [9.17, 15) is 4.79 Å². The van der Waals surface area contributed by atoms with Crippen LogP contribution in [0.25, 0.3) is 0 Å². The van der Waals surface area contributed by atoms with E-state index in [2.05, 4.69) is 24.4 Å². The molecule has 0 aliphatic rings. The third kappa shape index (κ3) is 4.46. The molecule has 0 amide bonds.